The number of nitrogens with zero attached hydrogens (tertiary/aromatic N) is 3. The number of rotatable bonds is 7. The summed E-state index contributed by atoms with van der Waals surface area (Å²) in [5, 5.41) is 15.7. The molecule has 0 radical (unpaired) electrons. The SMILES string of the molecule is C=C(O)[C@H]1C(=O)Nc2c(C)nc(NCc3ccc(OCc4ccc(F)cc4)cc3)nc2N1C. The zero-order chi connectivity index (χ0) is 23.5. The fourth-order valence-corrected chi connectivity index (χ4v) is 3.53. The molecule has 0 saturated heterocycles. The van der Waals surface area contributed by atoms with Gasteiger partial charge >= 0.3 is 0 Å². The summed E-state index contributed by atoms with van der Waals surface area (Å²) in [6.45, 7) is 6.09. The van der Waals surface area contributed by atoms with Gasteiger partial charge in [-0.3, -0.25) is 4.79 Å². The molecule has 1 aromatic heterocycles. The molecule has 1 amide bonds. The van der Waals surface area contributed by atoms with E-state index in [4.69, 9.17) is 4.74 Å². The van der Waals surface area contributed by atoms with Gasteiger partial charge in [0.1, 0.15) is 29.6 Å². The van der Waals surface area contributed by atoms with Crippen molar-refractivity contribution in [1.29, 1.82) is 0 Å². The first-order valence-electron chi connectivity index (χ1n) is 10.3. The topological polar surface area (TPSA) is 99.6 Å². The van der Waals surface area contributed by atoms with Gasteiger partial charge in [0.05, 0.1) is 5.69 Å². The number of hydrogen-bond donors (Lipinski definition) is 3. The predicted octanol–water partition coefficient (Wildman–Crippen LogP) is 3.94. The zero-order valence-corrected chi connectivity index (χ0v) is 18.3. The third kappa shape index (κ3) is 4.87. The number of halogens is 1. The lowest BCUT2D eigenvalue weighted by molar-refractivity contribution is -0.117. The van der Waals surface area contributed by atoms with E-state index < -0.39 is 6.04 Å². The molecule has 0 unspecified atom stereocenters. The molecule has 2 aromatic carbocycles. The number of nitrogens with one attached hydrogen (secondary N) is 2. The molecule has 0 spiro atoms. The molecule has 8 nitrogen and oxygen atoms in total. The lowest BCUT2D eigenvalue weighted by Crippen LogP contribution is -2.47. The Bertz CT molecular complexity index is 1180. The van der Waals surface area contributed by atoms with E-state index in [0.29, 0.717) is 42.0 Å². The molecule has 0 bridgehead atoms. The van der Waals surface area contributed by atoms with Crippen LogP contribution in [-0.2, 0) is 17.9 Å². The molecule has 3 N–H and O–H groups in total. The summed E-state index contributed by atoms with van der Waals surface area (Å²) in [5.41, 5.74) is 2.99. The number of aliphatic hydroxyl groups is 1. The van der Waals surface area contributed by atoms with E-state index in [1.54, 1.807) is 31.0 Å². The summed E-state index contributed by atoms with van der Waals surface area (Å²) in [4.78, 5) is 22.8. The van der Waals surface area contributed by atoms with Gasteiger partial charge in [-0.05, 0) is 42.3 Å². The maximum Gasteiger partial charge on any atom is 0.255 e. The number of carbonyl (C=O) groups is 1. The minimum atomic E-state index is -0.915. The fourth-order valence-electron chi connectivity index (χ4n) is 3.53. The molecule has 33 heavy (non-hydrogen) atoms. The average molecular weight is 449 g/mol. The van der Waals surface area contributed by atoms with Gasteiger partial charge < -0.3 is 25.4 Å². The number of aliphatic hydroxyl groups excluding tert-OH is 1. The van der Waals surface area contributed by atoms with Gasteiger partial charge in [-0.2, -0.15) is 4.98 Å². The first-order chi connectivity index (χ1) is 15.8. The summed E-state index contributed by atoms with van der Waals surface area (Å²) in [6, 6.07) is 12.9. The Morgan fingerprint density at radius 3 is 2.52 bits per heavy atom. The number of anilines is 3. The van der Waals surface area contributed by atoms with Crippen LogP contribution in [0, 0.1) is 12.7 Å². The average Bonchev–Trinajstić information content (AvgIpc) is 2.78. The highest BCUT2D eigenvalue weighted by Crippen LogP contribution is 2.33. The maximum absolute atomic E-state index is 13.0. The van der Waals surface area contributed by atoms with Gasteiger partial charge in [0, 0.05) is 13.6 Å². The van der Waals surface area contributed by atoms with E-state index >= 15 is 0 Å². The number of benzene rings is 2. The number of hydrogen-bond acceptors (Lipinski definition) is 7. The Hall–Kier alpha value is -4.14. The molecule has 170 valence electrons. The van der Waals surface area contributed by atoms with Crippen LogP contribution >= 0.6 is 0 Å². The summed E-state index contributed by atoms with van der Waals surface area (Å²) in [5.74, 6) is 0.683. The molecular formula is C24H24FN5O3. The molecule has 0 saturated carbocycles. The van der Waals surface area contributed by atoms with Gasteiger partial charge in [-0.1, -0.05) is 30.8 Å². The Kier molecular flexibility index (Phi) is 6.12. The van der Waals surface area contributed by atoms with Crippen LogP contribution in [0.2, 0.25) is 0 Å². The van der Waals surface area contributed by atoms with Crippen LogP contribution in [0.1, 0.15) is 16.8 Å². The Balaban J connectivity index is 1.40. The number of likely N-dealkylation sites (N-methyl/N-ethyl adjacent to an activating group) is 1. The number of amides is 1. The number of aromatic nitrogens is 2. The third-order valence-electron chi connectivity index (χ3n) is 5.30. The van der Waals surface area contributed by atoms with Crippen molar-refractivity contribution in [2.75, 3.05) is 22.6 Å². The second-order valence-electron chi connectivity index (χ2n) is 7.74. The molecule has 3 aromatic rings. The first-order valence-corrected chi connectivity index (χ1v) is 10.3. The standard InChI is InChI=1S/C24H24FN5O3/c1-14-20-22(30(3)21(15(2)31)23(32)28-20)29-24(27-14)26-12-16-6-10-19(11-7-16)33-13-17-4-8-18(25)9-5-17/h4-11,21,31H,2,12-13H2,1,3H3,(H,28,32)(H,26,27,29)/t21-/m0/s1. The lowest BCUT2D eigenvalue weighted by atomic mass is 10.1. The highest BCUT2D eigenvalue weighted by molar-refractivity contribution is 6.04. The molecule has 4 rings (SSSR count). The molecule has 9 heteroatoms. The molecule has 1 aliphatic rings. The van der Waals surface area contributed by atoms with E-state index in [1.807, 2.05) is 24.3 Å². The zero-order valence-electron chi connectivity index (χ0n) is 18.3. The minimum absolute atomic E-state index is 0.256. The van der Waals surface area contributed by atoms with Crippen molar-refractivity contribution in [1.82, 2.24) is 9.97 Å². The van der Waals surface area contributed by atoms with Crippen molar-refractivity contribution in [2.45, 2.75) is 26.1 Å². The fraction of sp³-hybridized carbons (Fsp3) is 0.208. The summed E-state index contributed by atoms with van der Waals surface area (Å²) >= 11 is 0. The van der Waals surface area contributed by atoms with Crippen LogP contribution in [0.25, 0.3) is 0 Å². The molecule has 1 aliphatic heterocycles. The Morgan fingerprint density at radius 2 is 1.85 bits per heavy atom. The molecule has 1 atom stereocenters. The summed E-state index contributed by atoms with van der Waals surface area (Å²) < 4.78 is 18.7. The Morgan fingerprint density at radius 1 is 1.18 bits per heavy atom. The third-order valence-corrected chi connectivity index (χ3v) is 5.30. The van der Waals surface area contributed by atoms with E-state index in [0.717, 1.165) is 11.1 Å². The van der Waals surface area contributed by atoms with E-state index in [-0.39, 0.29) is 17.5 Å². The first kappa shape index (κ1) is 22.1. The number of carbonyl (C=O) groups excluding carboxylic acids is 1. The van der Waals surface area contributed by atoms with Gasteiger partial charge in [0.15, 0.2) is 11.9 Å². The molecule has 2 heterocycles. The van der Waals surface area contributed by atoms with E-state index in [1.165, 1.54) is 12.1 Å². The van der Waals surface area contributed by atoms with Gasteiger partial charge in [0.2, 0.25) is 5.95 Å². The van der Waals surface area contributed by atoms with Gasteiger partial charge in [0.25, 0.3) is 5.91 Å². The van der Waals surface area contributed by atoms with Crippen LogP contribution < -0.4 is 20.3 Å². The quantitative estimate of drug-likeness (QED) is 0.470. The van der Waals surface area contributed by atoms with Crippen LogP contribution in [0.5, 0.6) is 5.75 Å². The highest BCUT2D eigenvalue weighted by atomic mass is 19.1. The molecule has 0 fully saturated rings. The second kappa shape index (κ2) is 9.15. The van der Waals surface area contributed by atoms with Gasteiger partial charge in [-0.25, -0.2) is 9.37 Å². The van der Waals surface area contributed by atoms with Crippen molar-refractivity contribution in [3.8, 4) is 5.75 Å². The van der Waals surface area contributed by atoms with Crippen LogP contribution in [0.15, 0.2) is 60.9 Å². The second-order valence-corrected chi connectivity index (χ2v) is 7.74. The van der Waals surface area contributed by atoms with E-state index in [2.05, 4.69) is 27.2 Å². The van der Waals surface area contributed by atoms with Crippen LogP contribution in [0.3, 0.4) is 0 Å². The normalized spacial score (nSPS) is 14.9. The van der Waals surface area contributed by atoms with Crippen molar-refractivity contribution >= 4 is 23.4 Å². The summed E-state index contributed by atoms with van der Waals surface area (Å²) in [7, 11) is 1.67. The monoisotopic (exact) mass is 449 g/mol. The number of aryl methyl sites for hydroxylation is 1. The van der Waals surface area contributed by atoms with Crippen molar-refractivity contribution in [3.05, 3.63) is 83.5 Å². The molecule has 0 aliphatic carbocycles. The van der Waals surface area contributed by atoms with Crippen LogP contribution in [0.4, 0.5) is 21.8 Å². The van der Waals surface area contributed by atoms with Crippen LogP contribution in [-0.4, -0.2) is 34.1 Å². The lowest BCUT2D eigenvalue weighted by Gasteiger charge is -2.34. The number of fused-ring (bicyclic) bond motifs is 1. The Labute approximate surface area is 190 Å². The maximum atomic E-state index is 13.0. The predicted molar refractivity (Wildman–Crippen MR) is 124 cm³/mol. The summed E-state index contributed by atoms with van der Waals surface area (Å²) in [6.07, 6.45) is 0. The minimum Gasteiger partial charge on any atom is -0.510 e. The van der Waals surface area contributed by atoms with Crippen molar-refractivity contribution < 1.29 is 19.0 Å². The van der Waals surface area contributed by atoms with Crippen molar-refractivity contribution in [3.63, 3.8) is 0 Å². The van der Waals surface area contributed by atoms with E-state index in [9.17, 15) is 14.3 Å². The largest absolute Gasteiger partial charge is 0.510 e. The molecular weight excluding hydrogens is 425 g/mol. The van der Waals surface area contributed by atoms with Crippen molar-refractivity contribution in [2.24, 2.45) is 0 Å². The number of ether oxygens (including phenoxy) is 1. The smallest absolute Gasteiger partial charge is 0.255 e. The highest BCUT2D eigenvalue weighted by Gasteiger charge is 2.35. The van der Waals surface area contributed by atoms with Gasteiger partial charge in [-0.15, -0.1) is 0 Å².